The summed E-state index contributed by atoms with van der Waals surface area (Å²) in [6.45, 7) is 7.52. The van der Waals surface area contributed by atoms with Gasteiger partial charge in [0.05, 0.1) is 23.6 Å². The zero-order valence-electron chi connectivity index (χ0n) is 22.2. The average molecular weight is 534 g/mol. The number of amides is 1. The van der Waals surface area contributed by atoms with Crippen molar-refractivity contribution in [2.45, 2.75) is 42.9 Å². The SMILES string of the molecule is CCCN(CCC)CCN1C(=O)[C@H](OC(=O)c2cccnc2)[C@H](c2ccc(OC)cc2)Sc2ccccc21. The van der Waals surface area contributed by atoms with E-state index in [0.717, 1.165) is 54.4 Å². The first-order valence-electron chi connectivity index (χ1n) is 13.1. The van der Waals surface area contributed by atoms with Crippen LogP contribution in [-0.2, 0) is 9.53 Å². The molecule has 0 unspecified atom stereocenters. The van der Waals surface area contributed by atoms with E-state index in [1.165, 1.54) is 6.20 Å². The summed E-state index contributed by atoms with van der Waals surface area (Å²) in [4.78, 5) is 36.7. The van der Waals surface area contributed by atoms with Crippen molar-refractivity contribution in [2.24, 2.45) is 0 Å². The van der Waals surface area contributed by atoms with Crippen molar-refractivity contribution in [1.29, 1.82) is 0 Å². The molecular formula is C30H35N3O4S. The zero-order chi connectivity index (χ0) is 26.9. The van der Waals surface area contributed by atoms with Crippen LogP contribution in [0.3, 0.4) is 0 Å². The maximum Gasteiger partial charge on any atom is 0.340 e. The average Bonchev–Trinajstić information content (AvgIpc) is 3.06. The number of thioether (sulfide) groups is 1. The number of esters is 1. The number of pyridine rings is 1. The minimum absolute atomic E-state index is 0.228. The molecule has 0 aliphatic carbocycles. The molecule has 1 aliphatic rings. The molecule has 0 N–H and O–H groups in total. The van der Waals surface area contributed by atoms with E-state index in [9.17, 15) is 9.59 Å². The molecule has 2 aromatic carbocycles. The van der Waals surface area contributed by atoms with Gasteiger partial charge in [-0.3, -0.25) is 9.78 Å². The lowest BCUT2D eigenvalue weighted by Crippen LogP contribution is -2.46. The van der Waals surface area contributed by atoms with E-state index >= 15 is 0 Å². The Morgan fingerprint density at radius 2 is 1.74 bits per heavy atom. The molecule has 0 radical (unpaired) electrons. The van der Waals surface area contributed by atoms with Gasteiger partial charge in [0.25, 0.3) is 5.91 Å². The Labute approximate surface area is 229 Å². The highest BCUT2D eigenvalue weighted by molar-refractivity contribution is 7.99. The van der Waals surface area contributed by atoms with E-state index in [0.29, 0.717) is 12.1 Å². The molecule has 38 heavy (non-hydrogen) atoms. The first-order chi connectivity index (χ1) is 18.5. The smallest absolute Gasteiger partial charge is 0.340 e. The van der Waals surface area contributed by atoms with Gasteiger partial charge >= 0.3 is 5.97 Å². The van der Waals surface area contributed by atoms with E-state index in [4.69, 9.17) is 9.47 Å². The molecule has 0 saturated heterocycles. The molecule has 1 aromatic heterocycles. The van der Waals surface area contributed by atoms with Gasteiger partial charge in [0, 0.05) is 30.4 Å². The molecule has 0 saturated carbocycles. The van der Waals surface area contributed by atoms with Crippen LogP contribution in [0.15, 0.2) is 78.0 Å². The molecule has 7 nitrogen and oxygen atoms in total. The van der Waals surface area contributed by atoms with E-state index in [2.05, 4.69) is 23.7 Å². The number of anilines is 1. The highest BCUT2D eigenvalue weighted by Crippen LogP contribution is 2.47. The van der Waals surface area contributed by atoms with Gasteiger partial charge in [-0.2, -0.15) is 0 Å². The molecular weight excluding hydrogens is 498 g/mol. The number of benzene rings is 2. The van der Waals surface area contributed by atoms with Crippen molar-refractivity contribution >= 4 is 29.3 Å². The highest BCUT2D eigenvalue weighted by Gasteiger charge is 2.41. The quantitative estimate of drug-likeness (QED) is 0.296. The van der Waals surface area contributed by atoms with Gasteiger partial charge in [0.15, 0.2) is 6.10 Å². The Morgan fingerprint density at radius 3 is 2.39 bits per heavy atom. The number of rotatable bonds is 11. The number of fused-ring (bicyclic) bond motifs is 1. The Balaban J connectivity index is 1.72. The lowest BCUT2D eigenvalue weighted by Gasteiger charge is -2.30. The summed E-state index contributed by atoms with van der Waals surface area (Å²) in [6, 6.07) is 18.8. The Kier molecular flexibility index (Phi) is 9.79. The Hall–Kier alpha value is -3.36. The van der Waals surface area contributed by atoms with Crippen LogP contribution in [0.2, 0.25) is 0 Å². The second kappa shape index (κ2) is 13.4. The van der Waals surface area contributed by atoms with Crippen molar-refractivity contribution in [3.63, 3.8) is 0 Å². The van der Waals surface area contributed by atoms with Crippen LogP contribution >= 0.6 is 11.8 Å². The summed E-state index contributed by atoms with van der Waals surface area (Å²) >= 11 is 1.54. The third-order valence-corrected chi connectivity index (χ3v) is 7.86. The monoisotopic (exact) mass is 533 g/mol. The number of ether oxygens (including phenoxy) is 2. The van der Waals surface area contributed by atoms with Gasteiger partial charge in [0.1, 0.15) is 5.75 Å². The summed E-state index contributed by atoms with van der Waals surface area (Å²) in [6.07, 6.45) is 4.12. The molecule has 3 aromatic rings. The van der Waals surface area contributed by atoms with Crippen molar-refractivity contribution < 1.29 is 19.1 Å². The number of hydrogen-bond donors (Lipinski definition) is 0. The van der Waals surface area contributed by atoms with Crippen molar-refractivity contribution in [1.82, 2.24) is 9.88 Å². The molecule has 0 spiro atoms. The standard InChI is InChI=1S/C30H35N3O4S/c1-4-17-32(18-5-2)19-20-33-25-10-6-7-11-26(25)38-28(22-12-14-24(36-3)15-13-22)27(29(33)34)37-30(35)23-9-8-16-31-21-23/h6-16,21,27-28H,4-5,17-20H2,1-3H3/t27-,28+/m1/s1. The fourth-order valence-electron chi connectivity index (χ4n) is 4.64. The van der Waals surface area contributed by atoms with E-state index in [1.54, 1.807) is 42.1 Å². The predicted molar refractivity (Wildman–Crippen MR) is 151 cm³/mol. The maximum atomic E-state index is 14.3. The number of carbonyl (C=O) groups excluding carboxylic acids is 2. The predicted octanol–water partition coefficient (Wildman–Crippen LogP) is 5.62. The number of hydrogen-bond acceptors (Lipinski definition) is 7. The fourth-order valence-corrected chi connectivity index (χ4v) is 5.95. The van der Waals surface area contributed by atoms with Crippen molar-refractivity contribution in [2.75, 3.05) is 38.2 Å². The van der Waals surface area contributed by atoms with E-state index in [-0.39, 0.29) is 5.91 Å². The van der Waals surface area contributed by atoms with Crippen molar-refractivity contribution in [3.8, 4) is 5.75 Å². The zero-order valence-corrected chi connectivity index (χ0v) is 23.0. The van der Waals surface area contributed by atoms with Gasteiger partial charge in [-0.15, -0.1) is 11.8 Å². The van der Waals surface area contributed by atoms with Crippen LogP contribution in [0, 0.1) is 0 Å². The Bertz CT molecular complexity index is 1200. The van der Waals surface area contributed by atoms with E-state index in [1.807, 2.05) is 48.5 Å². The summed E-state index contributed by atoms with van der Waals surface area (Å²) in [5.41, 5.74) is 2.03. The summed E-state index contributed by atoms with van der Waals surface area (Å²) in [5, 5.41) is -0.442. The third-order valence-electron chi connectivity index (χ3n) is 6.49. The van der Waals surface area contributed by atoms with Crippen LogP contribution in [-0.4, -0.2) is 61.2 Å². The van der Waals surface area contributed by atoms with Gasteiger partial charge in [0.2, 0.25) is 0 Å². The Morgan fingerprint density at radius 1 is 1.00 bits per heavy atom. The molecule has 0 bridgehead atoms. The van der Waals surface area contributed by atoms with Gasteiger partial charge in [-0.05, 0) is 67.9 Å². The van der Waals surface area contributed by atoms with E-state index < -0.39 is 17.3 Å². The number of para-hydroxylation sites is 1. The normalized spacial score (nSPS) is 17.2. The summed E-state index contributed by atoms with van der Waals surface area (Å²) < 4.78 is 11.4. The summed E-state index contributed by atoms with van der Waals surface area (Å²) in [7, 11) is 1.62. The number of carbonyl (C=O) groups is 2. The minimum atomic E-state index is -1.03. The van der Waals surface area contributed by atoms with Crippen LogP contribution in [0.1, 0.15) is 47.9 Å². The number of aromatic nitrogens is 1. The van der Waals surface area contributed by atoms with Crippen molar-refractivity contribution in [3.05, 3.63) is 84.2 Å². The fraction of sp³-hybridized carbons (Fsp3) is 0.367. The number of nitrogens with zero attached hydrogens (tertiary/aromatic N) is 3. The topological polar surface area (TPSA) is 72.0 Å². The van der Waals surface area contributed by atoms with Crippen LogP contribution in [0.4, 0.5) is 5.69 Å². The first-order valence-corrected chi connectivity index (χ1v) is 14.0. The van der Waals surface area contributed by atoms with Gasteiger partial charge < -0.3 is 19.3 Å². The van der Waals surface area contributed by atoms with Gasteiger partial charge in [-0.1, -0.05) is 38.1 Å². The minimum Gasteiger partial charge on any atom is -0.497 e. The first kappa shape index (κ1) is 27.7. The largest absolute Gasteiger partial charge is 0.497 e. The molecule has 2 heterocycles. The maximum absolute atomic E-state index is 14.3. The molecule has 8 heteroatoms. The van der Waals surface area contributed by atoms with Crippen LogP contribution in [0.5, 0.6) is 5.75 Å². The lowest BCUT2D eigenvalue weighted by atomic mass is 10.1. The molecule has 0 fully saturated rings. The molecule has 1 amide bonds. The highest BCUT2D eigenvalue weighted by atomic mass is 32.2. The van der Waals surface area contributed by atoms with Crippen LogP contribution in [0.25, 0.3) is 0 Å². The lowest BCUT2D eigenvalue weighted by molar-refractivity contribution is -0.127. The number of methoxy groups -OCH3 is 1. The second-order valence-corrected chi connectivity index (χ2v) is 10.4. The summed E-state index contributed by atoms with van der Waals surface area (Å²) in [5.74, 6) is -0.0786. The second-order valence-electron chi connectivity index (χ2n) is 9.18. The third kappa shape index (κ3) is 6.55. The van der Waals surface area contributed by atoms with Crippen LogP contribution < -0.4 is 9.64 Å². The molecule has 2 atom stereocenters. The molecule has 1 aliphatic heterocycles. The molecule has 200 valence electrons. The molecule has 4 rings (SSSR count). The van der Waals surface area contributed by atoms with Gasteiger partial charge in [-0.25, -0.2) is 4.79 Å².